The third-order valence-electron chi connectivity index (χ3n) is 2.50. The minimum absolute atomic E-state index is 0.155. The van der Waals surface area contributed by atoms with Gasteiger partial charge in [-0.3, -0.25) is 10.2 Å². The van der Waals surface area contributed by atoms with Crippen LogP contribution in [-0.4, -0.2) is 23.8 Å². The maximum Gasteiger partial charge on any atom is 0.311 e. The summed E-state index contributed by atoms with van der Waals surface area (Å²) in [5.41, 5.74) is 4.26. The predicted octanol–water partition coefficient (Wildman–Crippen LogP) is 4.00. The fraction of sp³-hybridized carbons (Fsp3) is 0.214. The lowest BCUT2D eigenvalue weighted by molar-refractivity contribution is -0.142. The van der Waals surface area contributed by atoms with Crippen molar-refractivity contribution in [2.45, 2.75) is 13.3 Å². The van der Waals surface area contributed by atoms with Gasteiger partial charge in [0.2, 0.25) is 5.13 Å². The molecule has 2 rings (SSSR count). The summed E-state index contributed by atoms with van der Waals surface area (Å²) in [5, 5.41) is 7.41. The van der Waals surface area contributed by atoms with Crippen molar-refractivity contribution < 1.29 is 9.53 Å². The molecule has 116 valence electrons. The number of hydrazone groups is 1. The van der Waals surface area contributed by atoms with E-state index in [1.165, 1.54) is 11.3 Å². The van der Waals surface area contributed by atoms with E-state index >= 15 is 0 Å². The molecular formula is C14H13Cl2N3O2S. The van der Waals surface area contributed by atoms with Crippen LogP contribution in [0.5, 0.6) is 0 Å². The first kappa shape index (κ1) is 16.7. The number of esters is 1. The molecule has 5 nitrogen and oxygen atoms in total. The monoisotopic (exact) mass is 357 g/mol. The van der Waals surface area contributed by atoms with Crippen LogP contribution in [0.25, 0.3) is 0 Å². The summed E-state index contributed by atoms with van der Waals surface area (Å²) in [7, 11) is 0. The van der Waals surface area contributed by atoms with Crippen LogP contribution in [-0.2, 0) is 16.0 Å². The molecule has 0 amide bonds. The molecule has 1 aromatic carbocycles. The standard InChI is InChI=1S/C14H13Cl2N3O2S/c1-2-21-13(20)6-10-8-22-14(18-10)19-17-7-9-3-4-11(15)12(16)5-9/h3-5,7-8H,2,6H2,1H3,(H,18,19). The maximum atomic E-state index is 11.3. The van der Waals surface area contributed by atoms with Gasteiger partial charge < -0.3 is 4.74 Å². The predicted molar refractivity (Wildman–Crippen MR) is 90.1 cm³/mol. The number of thiazole rings is 1. The molecule has 0 fully saturated rings. The topological polar surface area (TPSA) is 63.6 Å². The van der Waals surface area contributed by atoms with E-state index in [1.807, 2.05) is 0 Å². The first-order valence-corrected chi connectivity index (χ1v) is 8.06. The van der Waals surface area contributed by atoms with E-state index in [9.17, 15) is 4.79 Å². The number of ether oxygens (including phenoxy) is 1. The number of carbonyl (C=O) groups excluding carboxylic acids is 1. The normalized spacial score (nSPS) is 10.9. The molecule has 0 aliphatic carbocycles. The van der Waals surface area contributed by atoms with Crippen molar-refractivity contribution in [3.63, 3.8) is 0 Å². The molecule has 0 spiro atoms. The zero-order chi connectivity index (χ0) is 15.9. The molecule has 22 heavy (non-hydrogen) atoms. The highest BCUT2D eigenvalue weighted by molar-refractivity contribution is 7.13. The van der Waals surface area contributed by atoms with Crippen LogP contribution in [0.4, 0.5) is 5.13 Å². The van der Waals surface area contributed by atoms with Gasteiger partial charge in [-0.25, -0.2) is 4.98 Å². The number of carbonyl (C=O) groups is 1. The second-order valence-electron chi connectivity index (χ2n) is 4.17. The van der Waals surface area contributed by atoms with Crippen molar-refractivity contribution in [3.8, 4) is 0 Å². The number of benzene rings is 1. The minimum atomic E-state index is -0.293. The number of nitrogens with one attached hydrogen (secondary N) is 1. The largest absolute Gasteiger partial charge is 0.466 e. The fourth-order valence-corrected chi connectivity index (χ4v) is 2.52. The summed E-state index contributed by atoms with van der Waals surface area (Å²) in [4.78, 5) is 15.6. The second kappa shape index (κ2) is 8.12. The summed E-state index contributed by atoms with van der Waals surface area (Å²) in [5.74, 6) is -0.293. The van der Waals surface area contributed by atoms with Gasteiger partial charge >= 0.3 is 5.97 Å². The lowest BCUT2D eigenvalue weighted by Crippen LogP contribution is -2.07. The van der Waals surface area contributed by atoms with E-state index in [4.69, 9.17) is 27.9 Å². The molecule has 0 radical (unpaired) electrons. The summed E-state index contributed by atoms with van der Waals surface area (Å²) in [6.45, 7) is 2.13. The van der Waals surface area contributed by atoms with Crippen LogP contribution >= 0.6 is 34.5 Å². The number of aromatic nitrogens is 1. The highest BCUT2D eigenvalue weighted by Gasteiger charge is 2.07. The maximum absolute atomic E-state index is 11.3. The zero-order valence-electron chi connectivity index (χ0n) is 11.7. The highest BCUT2D eigenvalue weighted by atomic mass is 35.5. The smallest absolute Gasteiger partial charge is 0.311 e. The number of anilines is 1. The molecule has 0 unspecified atom stereocenters. The molecule has 0 saturated carbocycles. The average Bonchev–Trinajstić information content (AvgIpc) is 2.90. The Bertz CT molecular complexity index is 688. The van der Waals surface area contributed by atoms with Crippen LogP contribution in [0, 0.1) is 0 Å². The summed E-state index contributed by atoms with van der Waals surface area (Å²) in [6.07, 6.45) is 1.76. The summed E-state index contributed by atoms with van der Waals surface area (Å²) < 4.78 is 4.87. The van der Waals surface area contributed by atoms with E-state index in [1.54, 1.807) is 36.7 Å². The summed E-state index contributed by atoms with van der Waals surface area (Å²) in [6, 6.07) is 5.21. The van der Waals surface area contributed by atoms with E-state index in [-0.39, 0.29) is 12.4 Å². The Balaban J connectivity index is 1.91. The van der Waals surface area contributed by atoms with E-state index in [0.717, 1.165) is 5.56 Å². The van der Waals surface area contributed by atoms with Crippen molar-refractivity contribution >= 4 is 51.9 Å². The van der Waals surface area contributed by atoms with Crippen LogP contribution in [0.15, 0.2) is 28.7 Å². The first-order chi connectivity index (χ1) is 10.6. The molecule has 1 heterocycles. The van der Waals surface area contributed by atoms with Crippen molar-refractivity contribution in [3.05, 3.63) is 44.9 Å². The third kappa shape index (κ3) is 4.98. The number of halogens is 2. The zero-order valence-corrected chi connectivity index (χ0v) is 14.0. The van der Waals surface area contributed by atoms with Gasteiger partial charge in [-0.05, 0) is 24.6 Å². The minimum Gasteiger partial charge on any atom is -0.466 e. The fourth-order valence-electron chi connectivity index (χ4n) is 1.55. The molecule has 0 aliphatic heterocycles. The first-order valence-electron chi connectivity index (χ1n) is 6.42. The Kier molecular flexibility index (Phi) is 6.18. The van der Waals surface area contributed by atoms with E-state index in [0.29, 0.717) is 27.5 Å². The van der Waals surface area contributed by atoms with Gasteiger partial charge in [0, 0.05) is 5.38 Å². The van der Waals surface area contributed by atoms with Gasteiger partial charge in [0.05, 0.1) is 35.0 Å². The van der Waals surface area contributed by atoms with Gasteiger partial charge in [0.25, 0.3) is 0 Å². The Morgan fingerprint density at radius 2 is 2.27 bits per heavy atom. The number of hydrogen-bond donors (Lipinski definition) is 1. The van der Waals surface area contributed by atoms with Crippen molar-refractivity contribution in [1.82, 2.24) is 4.98 Å². The van der Waals surface area contributed by atoms with Crippen LogP contribution in [0.1, 0.15) is 18.2 Å². The highest BCUT2D eigenvalue weighted by Crippen LogP contribution is 2.22. The van der Waals surface area contributed by atoms with Gasteiger partial charge in [0.1, 0.15) is 0 Å². The van der Waals surface area contributed by atoms with Crippen LogP contribution in [0.3, 0.4) is 0 Å². The molecule has 0 aliphatic rings. The van der Waals surface area contributed by atoms with Crippen LogP contribution < -0.4 is 5.43 Å². The van der Waals surface area contributed by atoms with Crippen LogP contribution in [0.2, 0.25) is 10.0 Å². The van der Waals surface area contributed by atoms with E-state index < -0.39 is 0 Å². The number of nitrogens with zero attached hydrogens (tertiary/aromatic N) is 2. The number of hydrogen-bond acceptors (Lipinski definition) is 6. The number of rotatable bonds is 6. The molecule has 1 N–H and O–H groups in total. The Hall–Kier alpha value is -1.63. The molecule has 0 bridgehead atoms. The van der Waals surface area contributed by atoms with Gasteiger partial charge in [-0.2, -0.15) is 5.10 Å². The lowest BCUT2D eigenvalue weighted by atomic mass is 10.2. The molecule has 0 saturated heterocycles. The molecule has 8 heteroatoms. The Labute approximate surface area is 141 Å². The van der Waals surface area contributed by atoms with Gasteiger partial charge in [-0.1, -0.05) is 29.3 Å². The second-order valence-corrected chi connectivity index (χ2v) is 5.84. The molecular weight excluding hydrogens is 345 g/mol. The average molecular weight is 358 g/mol. The molecule has 2 aromatic rings. The van der Waals surface area contributed by atoms with Gasteiger partial charge in [0.15, 0.2) is 0 Å². The van der Waals surface area contributed by atoms with Crippen molar-refractivity contribution in [2.75, 3.05) is 12.0 Å². The SMILES string of the molecule is CCOC(=O)Cc1csc(NN=Cc2ccc(Cl)c(Cl)c2)n1. The van der Waals surface area contributed by atoms with Crippen molar-refractivity contribution in [1.29, 1.82) is 0 Å². The lowest BCUT2D eigenvalue weighted by Gasteiger charge is -1.98. The molecule has 0 atom stereocenters. The van der Waals surface area contributed by atoms with Crippen molar-refractivity contribution in [2.24, 2.45) is 5.10 Å². The Morgan fingerprint density at radius 3 is 3.00 bits per heavy atom. The molecule has 1 aromatic heterocycles. The Morgan fingerprint density at radius 1 is 1.45 bits per heavy atom. The van der Waals surface area contributed by atoms with E-state index in [2.05, 4.69) is 15.5 Å². The third-order valence-corrected chi connectivity index (χ3v) is 4.03. The van der Waals surface area contributed by atoms with Gasteiger partial charge in [-0.15, -0.1) is 11.3 Å². The quantitative estimate of drug-likeness (QED) is 0.482. The summed E-state index contributed by atoms with van der Waals surface area (Å²) >= 11 is 13.1.